The van der Waals surface area contributed by atoms with Crippen molar-refractivity contribution in [3.05, 3.63) is 0 Å². The Hall–Kier alpha value is -0.520. The van der Waals surface area contributed by atoms with E-state index in [0.29, 0.717) is 18.6 Å². The number of nitrogens with two attached hydrogens (primary N) is 1. The van der Waals surface area contributed by atoms with Crippen LogP contribution in [0.3, 0.4) is 0 Å². The van der Waals surface area contributed by atoms with E-state index in [0.717, 1.165) is 6.42 Å². The normalized spacial score (nSPS) is 31.3. The number of terminal acetylenes is 1. The molecule has 0 saturated heterocycles. The Kier molecular flexibility index (Phi) is 3.41. The third-order valence-corrected chi connectivity index (χ3v) is 2.21. The molecule has 1 rings (SSSR count). The molecule has 1 saturated carbocycles. The number of nitrogens with one attached hydrogen (secondary N) is 1. The molecule has 0 bridgehead atoms. The first kappa shape index (κ1) is 8.58. The zero-order valence-electron chi connectivity index (χ0n) is 6.84. The van der Waals surface area contributed by atoms with Gasteiger partial charge in [0.15, 0.2) is 0 Å². The highest BCUT2D eigenvalue weighted by molar-refractivity contribution is 4.90. The second-order valence-electron chi connectivity index (χ2n) is 3.21. The first-order valence-electron chi connectivity index (χ1n) is 4.25. The Labute approximate surface area is 68.5 Å². The van der Waals surface area contributed by atoms with Crippen LogP contribution in [0.5, 0.6) is 0 Å². The molecule has 62 valence electrons. The summed E-state index contributed by atoms with van der Waals surface area (Å²) in [7, 11) is 0. The molecule has 11 heavy (non-hydrogen) atoms. The molecule has 0 spiro atoms. The van der Waals surface area contributed by atoms with Gasteiger partial charge in [-0.3, -0.25) is 0 Å². The van der Waals surface area contributed by atoms with Crippen LogP contribution in [0.25, 0.3) is 0 Å². The lowest BCUT2D eigenvalue weighted by molar-refractivity contribution is 0.349. The molecule has 1 fully saturated rings. The van der Waals surface area contributed by atoms with Crippen LogP contribution in [0.2, 0.25) is 0 Å². The molecular formula is C9H16N2. The lowest BCUT2D eigenvalue weighted by Gasteiger charge is -2.26. The molecule has 1 aliphatic rings. The summed E-state index contributed by atoms with van der Waals surface area (Å²) in [5.74, 6) is 2.58. The van der Waals surface area contributed by atoms with E-state index in [-0.39, 0.29) is 0 Å². The SMILES string of the molecule is C#CCNC1CCCC(N)C1. The molecule has 1 aliphatic carbocycles. The van der Waals surface area contributed by atoms with Crippen molar-refractivity contribution in [1.29, 1.82) is 0 Å². The molecular weight excluding hydrogens is 136 g/mol. The van der Waals surface area contributed by atoms with E-state index in [1.54, 1.807) is 0 Å². The zero-order valence-corrected chi connectivity index (χ0v) is 6.84. The van der Waals surface area contributed by atoms with Gasteiger partial charge >= 0.3 is 0 Å². The van der Waals surface area contributed by atoms with E-state index in [1.165, 1.54) is 19.3 Å². The molecule has 2 nitrogen and oxygen atoms in total. The van der Waals surface area contributed by atoms with Gasteiger partial charge in [-0.15, -0.1) is 6.42 Å². The first-order valence-corrected chi connectivity index (χ1v) is 4.25. The van der Waals surface area contributed by atoms with Gasteiger partial charge in [0.2, 0.25) is 0 Å². The van der Waals surface area contributed by atoms with Crippen LogP contribution in [-0.2, 0) is 0 Å². The predicted octanol–water partition coefficient (Wildman–Crippen LogP) is 0.479. The molecule has 2 heteroatoms. The summed E-state index contributed by atoms with van der Waals surface area (Å²) in [6.07, 6.45) is 9.87. The number of rotatable bonds is 2. The van der Waals surface area contributed by atoms with Crippen LogP contribution >= 0.6 is 0 Å². The second kappa shape index (κ2) is 4.38. The van der Waals surface area contributed by atoms with Gasteiger partial charge in [0.25, 0.3) is 0 Å². The van der Waals surface area contributed by atoms with E-state index >= 15 is 0 Å². The van der Waals surface area contributed by atoms with Crippen LogP contribution in [0.1, 0.15) is 25.7 Å². The quantitative estimate of drug-likeness (QED) is 0.565. The van der Waals surface area contributed by atoms with Gasteiger partial charge in [-0.05, 0) is 19.3 Å². The van der Waals surface area contributed by atoms with Crippen LogP contribution in [0.4, 0.5) is 0 Å². The maximum absolute atomic E-state index is 5.81. The summed E-state index contributed by atoms with van der Waals surface area (Å²) in [5.41, 5.74) is 5.81. The average Bonchev–Trinajstić information content (AvgIpc) is 2.01. The van der Waals surface area contributed by atoms with Crippen molar-refractivity contribution in [1.82, 2.24) is 5.32 Å². The lowest BCUT2D eigenvalue weighted by atomic mass is 9.92. The molecule has 2 unspecified atom stereocenters. The third kappa shape index (κ3) is 2.92. The Morgan fingerprint density at radius 2 is 2.36 bits per heavy atom. The maximum atomic E-state index is 5.81. The van der Waals surface area contributed by atoms with Crippen molar-refractivity contribution in [2.45, 2.75) is 37.8 Å². The fraction of sp³-hybridized carbons (Fsp3) is 0.778. The Morgan fingerprint density at radius 3 is 3.00 bits per heavy atom. The van der Waals surface area contributed by atoms with Crippen molar-refractivity contribution in [3.8, 4) is 12.3 Å². The largest absolute Gasteiger partial charge is 0.328 e. The summed E-state index contributed by atoms with van der Waals surface area (Å²) in [6.45, 7) is 0.678. The fourth-order valence-corrected chi connectivity index (χ4v) is 1.62. The highest BCUT2D eigenvalue weighted by Gasteiger charge is 2.17. The zero-order chi connectivity index (χ0) is 8.10. The summed E-state index contributed by atoms with van der Waals surface area (Å²) < 4.78 is 0. The summed E-state index contributed by atoms with van der Waals surface area (Å²) in [4.78, 5) is 0. The van der Waals surface area contributed by atoms with Gasteiger partial charge in [0.1, 0.15) is 0 Å². The number of hydrogen-bond donors (Lipinski definition) is 2. The standard InChI is InChI=1S/C9H16N2/c1-2-6-11-9-5-3-4-8(10)7-9/h1,8-9,11H,3-7,10H2. The van der Waals surface area contributed by atoms with E-state index < -0.39 is 0 Å². The first-order chi connectivity index (χ1) is 5.33. The van der Waals surface area contributed by atoms with Gasteiger partial charge in [-0.2, -0.15) is 0 Å². The Bertz CT molecular complexity index is 148. The minimum Gasteiger partial charge on any atom is -0.328 e. The molecule has 0 heterocycles. The van der Waals surface area contributed by atoms with Gasteiger partial charge in [0.05, 0.1) is 6.54 Å². The van der Waals surface area contributed by atoms with Crippen LogP contribution in [0, 0.1) is 12.3 Å². The molecule has 0 aromatic rings. The van der Waals surface area contributed by atoms with Crippen molar-refractivity contribution in [2.24, 2.45) is 5.73 Å². The number of hydrogen-bond acceptors (Lipinski definition) is 2. The summed E-state index contributed by atoms with van der Waals surface area (Å²) in [6, 6.07) is 0.953. The third-order valence-electron chi connectivity index (χ3n) is 2.21. The van der Waals surface area contributed by atoms with Crippen LogP contribution in [0.15, 0.2) is 0 Å². The molecule has 0 aromatic carbocycles. The average molecular weight is 152 g/mol. The minimum atomic E-state index is 0.388. The highest BCUT2D eigenvalue weighted by atomic mass is 14.9. The molecule has 0 aliphatic heterocycles. The van der Waals surface area contributed by atoms with Crippen molar-refractivity contribution in [2.75, 3.05) is 6.54 Å². The highest BCUT2D eigenvalue weighted by Crippen LogP contribution is 2.16. The second-order valence-corrected chi connectivity index (χ2v) is 3.21. The topological polar surface area (TPSA) is 38.0 Å². The van der Waals surface area contributed by atoms with Crippen LogP contribution < -0.4 is 11.1 Å². The van der Waals surface area contributed by atoms with Crippen molar-refractivity contribution in [3.63, 3.8) is 0 Å². The van der Waals surface area contributed by atoms with Crippen molar-refractivity contribution >= 4 is 0 Å². The predicted molar refractivity (Wildman–Crippen MR) is 47.1 cm³/mol. The van der Waals surface area contributed by atoms with Crippen LogP contribution in [-0.4, -0.2) is 18.6 Å². The van der Waals surface area contributed by atoms with Gasteiger partial charge < -0.3 is 11.1 Å². The summed E-state index contributed by atoms with van der Waals surface area (Å²) >= 11 is 0. The maximum Gasteiger partial charge on any atom is 0.0575 e. The fourth-order valence-electron chi connectivity index (χ4n) is 1.62. The van der Waals surface area contributed by atoms with E-state index in [4.69, 9.17) is 12.2 Å². The lowest BCUT2D eigenvalue weighted by Crippen LogP contribution is -2.39. The van der Waals surface area contributed by atoms with E-state index in [2.05, 4.69) is 11.2 Å². The minimum absolute atomic E-state index is 0.388. The molecule has 2 atom stereocenters. The molecule has 0 radical (unpaired) electrons. The van der Waals surface area contributed by atoms with Gasteiger partial charge in [0, 0.05) is 12.1 Å². The monoisotopic (exact) mass is 152 g/mol. The summed E-state index contributed by atoms with van der Waals surface area (Å²) in [5, 5.41) is 3.29. The molecule has 0 aromatic heterocycles. The van der Waals surface area contributed by atoms with Gasteiger partial charge in [-0.25, -0.2) is 0 Å². The Morgan fingerprint density at radius 1 is 1.55 bits per heavy atom. The smallest absolute Gasteiger partial charge is 0.0575 e. The van der Waals surface area contributed by atoms with E-state index in [1.807, 2.05) is 0 Å². The van der Waals surface area contributed by atoms with Crippen molar-refractivity contribution < 1.29 is 0 Å². The molecule has 0 amide bonds. The van der Waals surface area contributed by atoms with Gasteiger partial charge in [-0.1, -0.05) is 12.3 Å². The van der Waals surface area contributed by atoms with E-state index in [9.17, 15) is 0 Å². The molecule has 3 N–H and O–H groups in total. The Balaban J connectivity index is 2.18.